The van der Waals surface area contributed by atoms with Crippen molar-refractivity contribution in [2.75, 3.05) is 19.6 Å². The van der Waals surface area contributed by atoms with E-state index in [2.05, 4.69) is 0 Å². The zero-order valence-electron chi connectivity index (χ0n) is 12.8. The molecule has 22 heavy (non-hydrogen) atoms. The van der Waals surface area contributed by atoms with Crippen molar-refractivity contribution in [1.29, 1.82) is 0 Å². The highest BCUT2D eigenvalue weighted by Gasteiger charge is 2.29. The molecule has 2 unspecified atom stereocenters. The summed E-state index contributed by atoms with van der Waals surface area (Å²) in [5.74, 6) is -2.54. The third-order valence-electron chi connectivity index (χ3n) is 2.86. The fourth-order valence-corrected chi connectivity index (χ4v) is 3.07. The number of hydrogen-bond acceptors (Lipinski definition) is 5. The van der Waals surface area contributed by atoms with Crippen LogP contribution in [0.3, 0.4) is 0 Å². The van der Waals surface area contributed by atoms with Crippen molar-refractivity contribution < 1.29 is 23.1 Å². The largest absolute Gasteiger partial charge is 0.453 e. The quantitative estimate of drug-likeness (QED) is 0.398. The molecule has 1 rings (SSSR count). The summed E-state index contributed by atoms with van der Waals surface area (Å²) in [6.07, 6.45) is -0.483. The van der Waals surface area contributed by atoms with Crippen molar-refractivity contribution in [1.82, 2.24) is 0 Å². The normalized spacial score (nSPS) is 14.3. The average Bonchev–Trinajstić information content (AvgIpc) is 2.52. The predicted molar refractivity (Wildman–Crippen MR) is 86.3 cm³/mol. The van der Waals surface area contributed by atoms with E-state index in [1.54, 1.807) is 38.1 Å². The second-order valence-corrected chi connectivity index (χ2v) is 6.50. The minimum absolute atomic E-state index is 0.185. The molecule has 116 valence electrons. The molecule has 0 bridgehead atoms. The smallest absolute Gasteiger partial charge is 0.367 e. The van der Waals surface area contributed by atoms with Crippen LogP contribution >= 0.6 is 7.60 Å². The molecule has 0 spiro atoms. The molecule has 0 saturated heterocycles. The van der Waals surface area contributed by atoms with Crippen molar-refractivity contribution in [3.8, 4) is 0 Å². The van der Waals surface area contributed by atoms with Gasteiger partial charge in [0.1, 0.15) is 0 Å². The highest BCUT2D eigenvalue weighted by atomic mass is 31.2. The molecular weight excluding hydrogens is 301 g/mol. The summed E-state index contributed by atoms with van der Waals surface area (Å²) in [6.45, 7) is 3.71. The van der Waals surface area contributed by atoms with Crippen molar-refractivity contribution >= 4 is 29.3 Å². The van der Waals surface area contributed by atoms with Crippen LogP contribution in [0.4, 0.5) is 0 Å². The second kappa shape index (κ2) is 9.19. The van der Waals surface area contributed by atoms with Gasteiger partial charge in [0.15, 0.2) is 6.35 Å². The molecule has 4 radical (unpaired) electrons. The zero-order chi connectivity index (χ0) is 16.6. The minimum Gasteiger partial charge on any atom is -0.453 e. The van der Waals surface area contributed by atoms with E-state index in [0.29, 0.717) is 5.56 Å². The topological polar surface area (TPSA) is 61.8 Å². The van der Waals surface area contributed by atoms with E-state index in [4.69, 9.17) is 29.5 Å². The molecule has 0 N–H and O–H groups in total. The maximum atomic E-state index is 12.2. The van der Waals surface area contributed by atoms with Crippen LogP contribution in [0.1, 0.15) is 25.2 Å². The maximum absolute atomic E-state index is 12.2. The van der Waals surface area contributed by atoms with Crippen LogP contribution in [0.5, 0.6) is 0 Å². The van der Waals surface area contributed by atoms with Gasteiger partial charge in [-0.2, -0.15) is 0 Å². The Balaban J connectivity index is 2.62. The minimum atomic E-state index is -3.45. The van der Waals surface area contributed by atoms with Crippen LogP contribution in [0.2, 0.25) is 5.82 Å². The average molecular weight is 320 g/mol. The molecule has 0 fully saturated rings. The molecule has 5 nitrogen and oxygen atoms in total. The number of carbonyl (C=O) groups is 1. The van der Waals surface area contributed by atoms with Gasteiger partial charge in [-0.3, -0.25) is 9.36 Å². The van der Waals surface area contributed by atoms with Gasteiger partial charge >= 0.3 is 13.6 Å². The molecule has 2 atom stereocenters. The standard InChI is InChI=1S/C14H19B2O5P/c1-3-20-22(18,21-4-2)10-19-14(17)13(16)12(15)11-8-6-5-7-9-11/h5-9,12-13H,3-4,10H2,1-2H3. The zero-order valence-corrected chi connectivity index (χ0v) is 13.7. The Morgan fingerprint density at radius 1 is 1.14 bits per heavy atom. The van der Waals surface area contributed by atoms with Crippen molar-refractivity contribution in [3.05, 3.63) is 35.9 Å². The fourth-order valence-electron chi connectivity index (χ4n) is 1.77. The molecule has 0 saturated carbocycles. The first-order chi connectivity index (χ1) is 10.4. The molecule has 1 aromatic rings. The number of rotatable bonds is 9. The van der Waals surface area contributed by atoms with E-state index in [0.717, 1.165) is 0 Å². The lowest BCUT2D eigenvalue weighted by Crippen LogP contribution is -2.21. The maximum Gasteiger partial charge on any atom is 0.367 e. The second-order valence-electron chi connectivity index (χ2n) is 4.50. The third kappa shape index (κ3) is 5.64. The Morgan fingerprint density at radius 3 is 2.18 bits per heavy atom. The fraction of sp³-hybridized carbons (Fsp3) is 0.500. The SMILES string of the molecule is [B]C(C(=O)OCP(=O)(OCC)OCC)C([B])c1ccccc1. The number of carbonyl (C=O) groups excluding carboxylic acids is 1. The Bertz CT molecular complexity index is 501. The summed E-state index contributed by atoms with van der Waals surface area (Å²) in [4.78, 5) is 12.0. The van der Waals surface area contributed by atoms with Gasteiger partial charge in [0.05, 0.1) is 28.9 Å². The highest BCUT2D eigenvalue weighted by molar-refractivity contribution is 7.53. The Morgan fingerprint density at radius 2 is 1.68 bits per heavy atom. The van der Waals surface area contributed by atoms with E-state index in [9.17, 15) is 9.36 Å². The number of benzene rings is 1. The van der Waals surface area contributed by atoms with Gasteiger partial charge in [0.2, 0.25) is 0 Å². The van der Waals surface area contributed by atoms with Gasteiger partial charge in [-0.05, 0) is 19.7 Å². The number of hydrogen-bond donors (Lipinski definition) is 0. The summed E-state index contributed by atoms with van der Waals surface area (Å²) < 4.78 is 27.2. The summed E-state index contributed by atoms with van der Waals surface area (Å²) in [5, 5.41) is 0. The Labute approximate surface area is 134 Å². The molecule has 0 aliphatic rings. The monoisotopic (exact) mass is 320 g/mol. The first-order valence-corrected chi connectivity index (χ1v) is 8.77. The molecule has 8 heteroatoms. The van der Waals surface area contributed by atoms with E-state index >= 15 is 0 Å². The van der Waals surface area contributed by atoms with Crippen molar-refractivity contribution in [2.45, 2.75) is 25.5 Å². The molecule has 1 aromatic carbocycles. The Kier molecular flexibility index (Phi) is 7.94. The van der Waals surface area contributed by atoms with Crippen LogP contribution in [0.25, 0.3) is 0 Å². The molecule has 0 aliphatic carbocycles. The third-order valence-corrected chi connectivity index (χ3v) is 4.61. The van der Waals surface area contributed by atoms with E-state index in [1.807, 2.05) is 6.07 Å². The molecular formula is C14H19B2O5P. The van der Waals surface area contributed by atoms with Gasteiger partial charge in [-0.25, -0.2) is 0 Å². The van der Waals surface area contributed by atoms with Gasteiger partial charge in [0, 0.05) is 5.82 Å². The first kappa shape index (κ1) is 19.0. The molecule has 0 amide bonds. The summed E-state index contributed by atoms with van der Waals surface area (Å²) in [6, 6.07) is 8.96. The molecule has 0 aromatic heterocycles. The summed E-state index contributed by atoms with van der Waals surface area (Å²) in [5.41, 5.74) is 0.713. The first-order valence-electron chi connectivity index (χ1n) is 7.04. The van der Waals surface area contributed by atoms with Gasteiger partial charge in [-0.15, -0.1) is 0 Å². The molecule has 0 aliphatic heterocycles. The van der Waals surface area contributed by atoms with E-state index < -0.39 is 31.5 Å². The summed E-state index contributed by atoms with van der Waals surface area (Å²) >= 11 is 0. The van der Waals surface area contributed by atoms with Crippen LogP contribution in [-0.4, -0.2) is 41.2 Å². The van der Waals surface area contributed by atoms with Crippen molar-refractivity contribution in [3.63, 3.8) is 0 Å². The lowest BCUT2D eigenvalue weighted by Gasteiger charge is -2.22. The lowest BCUT2D eigenvalue weighted by molar-refractivity contribution is -0.142. The van der Waals surface area contributed by atoms with Crippen LogP contribution < -0.4 is 0 Å². The van der Waals surface area contributed by atoms with Crippen molar-refractivity contribution in [2.24, 2.45) is 0 Å². The number of ether oxygens (including phenoxy) is 1. The molecule has 0 heterocycles. The van der Waals surface area contributed by atoms with Crippen LogP contribution in [0.15, 0.2) is 30.3 Å². The van der Waals surface area contributed by atoms with Crippen LogP contribution in [0, 0.1) is 0 Å². The van der Waals surface area contributed by atoms with E-state index in [1.165, 1.54) is 0 Å². The van der Waals surface area contributed by atoms with Crippen LogP contribution in [-0.2, 0) is 23.1 Å². The van der Waals surface area contributed by atoms with Gasteiger partial charge in [-0.1, -0.05) is 35.9 Å². The van der Waals surface area contributed by atoms with Gasteiger partial charge < -0.3 is 13.8 Å². The Hall–Kier alpha value is -1.03. The van der Waals surface area contributed by atoms with E-state index in [-0.39, 0.29) is 13.2 Å². The lowest BCUT2D eigenvalue weighted by atomic mass is 9.63. The summed E-state index contributed by atoms with van der Waals surface area (Å²) in [7, 11) is 8.28. The highest BCUT2D eigenvalue weighted by Crippen LogP contribution is 2.48. The van der Waals surface area contributed by atoms with Gasteiger partial charge in [0.25, 0.3) is 0 Å². The number of esters is 1. The predicted octanol–water partition coefficient (Wildman–Crippen LogP) is 2.62.